The van der Waals surface area contributed by atoms with Crippen molar-refractivity contribution in [3.8, 4) is 0 Å². The first kappa shape index (κ1) is 14.8. The summed E-state index contributed by atoms with van der Waals surface area (Å²) in [5.41, 5.74) is 6.06. The quantitative estimate of drug-likeness (QED) is 0.815. The zero-order valence-electron chi connectivity index (χ0n) is 11.9. The molecule has 110 valence electrons. The number of carbonyl (C=O) groups is 1. The first-order valence-corrected chi connectivity index (χ1v) is 7.19. The monoisotopic (exact) mass is 279 g/mol. The minimum Gasteiger partial charge on any atom is -0.396 e. The molecule has 0 bridgehead atoms. The van der Waals surface area contributed by atoms with Crippen LogP contribution in [0, 0.1) is 5.82 Å². The van der Waals surface area contributed by atoms with Crippen molar-refractivity contribution in [2.24, 2.45) is 0 Å². The molecule has 1 heterocycles. The number of nitrogens with one attached hydrogen (secondary N) is 1. The van der Waals surface area contributed by atoms with Gasteiger partial charge in [0.15, 0.2) is 0 Å². The van der Waals surface area contributed by atoms with Crippen LogP contribution in [0.1, 0.15) is 32.6 Å². The zero-order chi connectivity index (χ0) is 14.5. The molecule has 1 amide bonds. The number of nitrogens with two attached hydrogens (primary N) is 1. The number of nitrogens with zero attached hydrogens (tertiary/aromatic N) is 1. The number of nitrogen functional groups attached to an aromatic ring is 1. The first-order valence-electron chi connectivity index (χ1n) is 7.19. The summed E-state index contributed by atoms with van der Waals surface area (Å²) in [6, 6.07) is 4.84. The SMILES string of the molecule is CCC1CCCN1CCC(=O)Nc1ccc(F)c(N)c1. The molecular formula is C15H22FN3O. The minimum absolute atomic E-state index is 0.0494. The number of rotatable bonds is 5. The van der Waals surface area contributed by atoms with Gasteiger partial charge in [0.25, 0.3) is 0 Å². The highest BCUT2D eigenvalue weighted by atomic mass is 19.1. The van der Waals surface area contributed by atoms with Gasteiger partial charge in [-0.25, -0.2) is 4.39 Å². The van der Waals surface area contributed by atoms with Crippen LogP contribution in [0.2, 0.25) is 0 Å². The molecule has 1 aromatic rings. The van der Waals surface area contributed by atoms with E-state index in [0.717, 1.165) is 19.5 Å². The fourth-order valence-corrected chi connectivity index (χ4v) is 2.74. The van der Waals surface area contributed by atoms with Crippen molar-refractivity contribution in [1.29, 1.82) is 0 Å². The molecule has 0 aliphatic carbocycles. The van der Waals surface area contributed by atoms with Gasteiger partial charge in [0, 0.05) is 24.7 Å². The summed E-state index contributed by atoms with van der Waals surface area (Å²) < 4.78 is 13.0. The highest BCUT2D eigenvalue weighted by molar-refractivity contribution is 5.91. The number of hydrogen-bond donors (Lipinski definition) is 2. The Balaban J connectivity index is 1.81. The summed E-state index contributed by atoms with van der Waals surface area (Å²) >= 11 is 0. The summed E-state index contributed by atoms with van der Waals surface area (Å²) in [7, 11) is 0. The van der Waals surface area contributed by atoms with Crippen molar-refractivity contribution in [3.63, 3.8) is 0 Å². The first-order chi connectivity index (χ1) is 9.60. The van der Waals surface area contributed by atoms with E-state index in [1.165, 1.54) is 31.0 Å². The van der Waals surface area contributed by atoms with E-state index in [1.807, 2.05) is 0 Å². The molecule has 2 rings (SSSR count). The lowest BCUT2D eigenvalue weighted by Gasteiger charge is -2.22. The molecule has 1 aromatic carbocycles. The van der Waals surface area contributed by atoms with Gasteiger partial charge in [-0.3, -0.25) is 9.69 Å². The standard InChI is InChI=1S/C15H22FN3O/c1-2-12-4-3-8-19(12)9-7-15(20)18-11-5-6-13(16)14(17)10-11/h5-6,10,12H,2-4,7-9,17H2,1H3,(H,18,20). The van der Waals surface area contributed by atoms with Crippen molar-refractivity contribution >= 4 is 17.3 Å². The number of hydrogen-bond acceptors (Lipinski definition) is 3. The van der Waals surface area contributed by atoms with Gasteiger partial charge in [0.2, 0.25) is 5.91 Å². The van der Waals surface area contributed by atoms with Crippen LogP contribution < -0.4 is 11.1 Å². The molecule has 0 spiro atoms. The van der Waals surface area contributed by atoms with E-state index in [1.54, 1.807) is 0 Å². The van der Waals surface area contributed by atoms with Gasteiger partial charge < -0.3 is 11.1 Å². The second-order valence-corrected chi connectivity index (χ2v) is 5.27. The van der Waals surface area contributed by atoms with Crippen LogP contribution in [0.25, 0.3) is 0 Å². The van der Waals surface area contributed by atoms with E-state index in [0.29, 0.717) is 18.2 Å². The van der Waals surface area contributed by atoms with Crippen LogP contribution >= 0.6 is 0 Å². The van der Waals surface area contributed by atoms with E-state index in [2.05, 4.69) is 17.1 Å². The molecule has 1 saturated heterocycles. The molecule has 0 radical (unpaired) electrons. The molecule has 1 aliphatic rings. The summed E-state index contributed by atoms with van der Waals surface area (Å²) in [5.74, 6) is -0.524. The third-order valence-corrected chi connectivity index (χ3v) is 3.88. The molecule has 0 aromatic heterocycles. The van der Waals surface area contributed by atoms with Crippen molar-refractivity contribution in [3.05, 3.63) is 24.0 Å². The molecule has 1 atom stereocenters. The highest BCUT2D eigenvalue weighted by Crippen LogP contribution is 2.20. The van der Waals surface area contributed by atoms with Crippen LogP contribution in [0.4, 0.5) is 15.8 Å². The predicted molar refractivity (Wildman–Crippen MR) is 78.9 cm³/mol. The third-order valence-electron chi connectivity index (χ3n) is 3.88. The smallest absolute Gasteiger partial charge is 0.225 e. The lowest BCUT2D eigenvalue weighted by Crippen LogP contribution is -2.32. The van der Waals surface area contributed by atoms with Crippen LogP contribution in [-0.2, 0) is 4.79 Å². The van der Waals surface area contributed by atoms with Gasteiger partial charge in [0.05, 0.1) is 5.69 Å². The highest BCUT2D eigenvalue weighted by Gasteiger charge is 2.22. The normalized spacial score (nSPS) is 19.2. The molecule has 1 aliphatic heterocycles. The van der Waals surface area contributed by atoms with Crippen molar-refractivity contribution in [2.75, 3.05) is 24.1 Å². The average molecular weight is 279 g/mol. The second-order valence-electron chi connectivity index (χ2n) is 5.27. The van der Waals surface area contributed by atoms with Crippen LogP contribution in [0.5, 0.6) is 0 Å². The summed E-state index contributed by atoms with van der Waals surface area (Å²) in [4.78, 5) is 14.3. The predicted octanol–water partition coefficient (Wildman–Crippen LogP) is 2.61. The Kier molecular flexibility index (Phi) is 4.95. The van der Waals surface area contributed by atoms with E-state index in [9.17, 15) is 9.18 Å². The molecule has 0 saturated carbocycles. The van der Waals surface area contributed by atoms with Crippen LogP contribution in [-0.4, -0.2) is 29.9 Å². The number of likely N-dealkylation sites (tertiary alicyclic amines) is 1. The maximum atomic E-state index is 13.0. The molecule has 3 N–H and O–H groups in total. The topological polar surface area (TPSA) is 58.4 Å². The van der Waals surface area contributed by atoms with Gasteiger partial charge in [-0.2, -0.15) is 0 Å². The second kappa shape index (κ2) is 6.70. The Hall–Kier alpha value is -1.62. The maximum Gasteiger partial charge on any atom is 0.225 e. The number of halogens is 1. The van der Waals surface area contributed by atoms with Gasteiger partial charge in [-0.15, -0.1) is 0 Å². The average Bonchev–Trinajstić information content (AvgIpc) is 2.88. The molecule has 20 heavy (non-hydrogen) atoms. The van der Waals surface area contributed by atoms with Crippen molar-refractivity contribution in [1.82, 2.24) is 4.90 Å². The Morgan fingerprint density at radius 1 is 1.55 bits per heavy atom. The maximum absolute atomic E-state index is 13.0. The van der Waals surface area contributed by atoms with Crippen LogP contribution in [0.3, 0.4) is 0 Å². The van der Waals surface area contributed by atoms with E-state index >= 15 is 0 Å². The van der Waals surface area contributed by atoms with Gasteiger partial charge in [-0.05, 0) is 44.0 Å². The number of anilines is 2. The Bertz CT molecular complexity index is 478. The molecule has 5 heteroatoms. The lowest BCUT2D eigenvalue weighted by molar-refractivity contribution is -0.116. The lowest BCUT2D eigenvalue weighted by atomic mass is 10.1. The minimum atomic E-state index is -0.467. The number of carbonyl (C=O) groups excluding carboxylic acids is 1. The van der Waals surface area contributed by atoms with Crippen molar-refractivity contribution < 1.29 is 9.18 Å². The summed E-state index contributed by atoms with van der Waals surface area (Å²) in [5, 5.41) is 2.75. The summed E-state index contributed by atoms with van der Waals surface area (Å²) in [6.45, 7) is 4.04. The molecule has 1 fully saturated rings. The van der Waals surface area contributed by atoms with Gasteiger partial charge in [-0.1, -0.05) is 6.92 Å². The Morgan fingerprint density at radius 3 is 3.05 bits per heavy atom. The molecular weight excluding hydrogens is 257 g/mol. The fourth-order valence-electron chi connectivity index (χ4n) is 2.74. The number of amides is 1. The summed E-state index contributed by atoms with van der Waals surface area (Å²) in [6.07, 6.45) is 4.03. The van der Waals surface area contributed by atoms with Gasteiger partial charge >= 0.3 is 0 Å². The Labute approximate surface area is 119 Å². The van der Waals surface area contributed by atoms with E-state index in [-0.39, 0.29) is 11.6 Å². The van der Waals surface area contributed by atoms with E-state index < -0.39 is 5.82 Å². The molecule has 1 unspecified atom stereocenters. The zero-order valence-corrected chi connectivity index (χ0v) is 11.9. The van der Waals surface area contributed by atoms with Crippen LogP contribution in [0.15, 0.2) is 18.2 Å². The Morgan fingerprint density at radius 2 is 2.35 bits per heavy atom. The molecule has 4 nitrogen and oxygen atoms in total. The van der Waals surface area contributed by atoms with Gasteiger partial charge in [0.1, 0.15) is 5.82 Å². The van der Waals surface area contributed by atoms with E-state index in [4.69, 9.17) is 5.73 Å². The third kappa shape index (κ3) is 3.70. The fraction of sp³-hybridized carbons (Fsp3) is 0.533. The number of benzene rings is 1. The van der Waals surface area contributed by atoms with Crippen molar-refractivity contribution in [2.45, 2.75) is 38.6 Å². The largest absolute Gasteiger partial charge is 0.396 e.